The first-order chi connectivity index (χ1) is 8.81. The lowest BCUT2D eigenvalue weighted by molar-refractivity contribution is -0.116. The fourth-order valence-electron chi connectivity index (χ4n) is 2.34. The monoisotopic (exact) mass is 241 g/mol. The van der Waals surface area contributed by atoms with E-state index in [4.69, 9.17) is 0 Å². The molecule has 2 N–H and O–H groups in total. The van der Waals surface area contributed by atoms with E-state index in [1.165, 1.54) is 0 Å². The van der Waals surface area contributed by atoms with E-state index >= 15 is 0 Å². The van der Waals surface area contributed by atoms with Crippen molar-refractivity contribution in [3.8, 4) is 0 Å². The zero-order chi connectivity index (χ0) is 12.4. The van der Waals surface area contributed by atoms with Crippen molar-refractivity contribution in [1.82, 2.24) is 10.2 Å². The summed E-state index contributed by atoms with van der Waals surface area (Å²) in [7, 11) is 0. The van der Waals surface area contributed by atoms with Crippen LogP contribution in [0.3, 0.4) is 0 Å². The molecule has 0 fully saturated rings. The molecule has 0 saturated heterocycles. The number of H-pyrrole nitrogens is 1. The minimum atomic E-state index is 0.0781. The minimum Gasteiger partial charge on any atom is -0.326 e. The largest absolute Gasteiger partial charge is 0.326 e. The van der Waals surface area contributed by atoms with Crippen molar-refractivity contribution < 1.29 is 4.79 Å². The molecule has 1 aromatic heterocycles. The molecule has 0 bridgehead atoms. The van der Waals surface area contributed by atoms with Crippen LogP contribution in [0, 0.1) is 5.92 Å². The van der Waals surface area contributed by atoms with E-state index in [9.17, 15) is 4.79 Å². The Balaban J connectivity index is 1.67. The number of nitrogens with one attached hydrogen (secondary N) is 2. The number of fused-ring (bicyclic) bond motifs is 1. The van der Waals surface area contributed by atoms with Gasteiger partial charge >= 0.3 is 0 Å². The number of aromatic nitrogens is 2. The van der Waals surface area contributed by atoms with Gasteiger partial charge in [0.05, 0.1) is 11.7 Å². The van der Waals surface area contributed by atoms with Gasteiger partial charge in [0.1, 0.15) is 0 Å². The van der Waals surface area contributed by atoms with Gasteiger partial charge in [0.15, 0.2) is 0 Å². The molecule has 0 saturated carbocycles. The lowest BCUT2D eigenvalue weighted by Crippen LogP contribution is -2.14. The number of benzene rings is 1. The van der Waals surface area contributed by atoms with Crippen LogP contribution in [0.15, 0.2) is 36.5 Å². The Morgan fingerprint density at radius 3 is 3.28 bits per heavy atom. The Morgan fingerprint density at radius 2 is 2.44 bits per heavy atom. The fourth-order valence-corrected chi connectivity index (χ4v) is 2.34. The van der Waals surface area contributed by atoms with Crippen molar-refractivity contribution in [2.75, 3.05) is 5.32 Å². The second-order valence-electron chi connectivity index (χ2n) is 4.69. The SMILES string of the molecule is O=C(CC1C=CCC1)Nc1ccc2[nH]ncc2c1. The normalized spacial score (nSPS) is 18.3. The highest BCUT2D eigenvalue weighted by Crippen LogP contribution is 2.22. The van der Waals surface area contributed by atoms with Gasteiger partial charge in [0, 0.05) is 17.5 Å². The molecule has 0 radical (unpaired) electrons. The molecule has 1 aliphatic rings. The molecule has 4 nitrogen and oxygen atoms in total. The maximum Gasteiger partial charge on any atom is 0.224 e. The molecule has 1 heterocycles. The molecule has 1 unspecified atom stereocenters. The highest BCUT2D eigenvalue weighted by molar-refractivity contribution is 5.93. The predicted molar refractivity (Wildman–Crippen MR) is 71.2 cm³/mol. The van der Waals surface area contributed by atoms with Gasteiger partial charge in [-0.25, -0.2) is 0 Å². The van der Waals surface area contributed by atoms with Crippen LogP contribution in [0.2, 0.25) is 0 Å². The Hall–Kier alpha value is -2.10. The van der Waals surface area contributed by atoms with E-state index in [-0.39, 0.29) is 5.91 Å². The van der Waals surface area contributed by atoms with Crippen LogP contribution in [0.1, 0.15) is 19.3 Å². The van der Waals surface area contributed by atoms with Gasteiger partial charge < -0.3 is 5.32 Å². The summed E-state index contributed by atoms with van der Waals surface area (Å²) in [5.74, 6) is 0.483. The number of hydrogen-bond donors (Lipinski definition) is 2. The number of anilines is 1. The number of allylic oxidation sites excluding steroid dienone is 2. The lowest BCUT2D eigenvalue weighted by atomic mass is 10.1. The quantitative estimate of drug-likeness (QED) is 0.812. The zero-order valence-electron chi connectivity index (χ0n) is 10.0. The van der Waals surface area contributed by atoms with Crippen LogP contribution < -0.4 is 5.32 Å². The van der Waals surface area contributed by atoms with Crippen LogP contribution in [0.4, 0.5) is 5.69 Å². The summed E-state index contributed by atoms with van der Waals surface area (Å²) < 4.78 is 0. The molecule has 2 aromatic rings. The predicted octanol–water partition coefficient (Wildman–Crippen LogP) is 2.86. The van der Waals surface area contributed by atoms with Gasteiger partial charge in [0.2, 0.25) is 5.91 Å². The Kier molecular flexibility index (Phi) is 2.84. The average Bonchev–Trinajstić information content (AvgIpc) is 2.98. The van der Waals surface area contributed by atoms with E-state index in [0.29, 0.717) is 12.3 Å². The first-order valence-corrected chi connectivity index (χ1v) is 6.21. The third-order valence-electron chi connectivity index (χ3n) is 3.28. The van der Waals surface area contributed by atoms with Crippen molar-refractivity contribution in [2.45, 2.75) is 19.3 Å². The minimum absolute atomic E-state index is 0.0781. The number of rotatable bonds is 3. The van der Waals surface area contributed by atoms with E-state index in [0.717, 1.165) is 29.4 Å². The first kappa shape index (κ1) is 11.0. The summed E-state index contributed by atoms with van der Waals surface area (Å²) in [5.41, 5.74) is 1.81. The fraction of sp³-hybridized carbons (Fsp3) is 0.286. The molecule has 4 heteroatoms. The van der Waals surface area contributed by atoms with Gasteiger partial charge in [-0.2, -0.15) is 5.10 Å². The van der Waals surface area contributed by atoms with E-state index in [1.807, 2.05) is 18.2 Å². The number of aromatic amines is 1. The smallest absolute Gasteiger partial charge is 0.224 e. The van der Waals surface area contributed by atoms with Crippen molar-refractivity contribution in [1.29, 1.82) is 0 Å². The van der Waals surface area contributed by atoms with Gasteiger partial charge in [-0.05, 0) is 37.0 Å². The summed E-state index contributed by atoms with van der Waals surface area (Å²) in [5, 5.41) is 10.8. The second-order valence-corrected chi connectivity index (χ2v) is 4.69. The summed E-state index contributed by atoms with van der Waals surface area (Å²) >= 11 is 0. The van der Waals surface area contributed by atoms with E-state index in [2.05, 4.69) is 27.7 Å². The highest BCUT2D eigenvalue weighted by Gasteiger charge is 2.14. The summed E-state index contributed by atoms with van der Waals surface area (Å²) in [6, 6.07) is 5.75. The van der Waals surface area contributed by atoms with Gasteiger partial charge in [0.25, 0.3) is 0 Å². The average molecular weight is 241 g/mol. The maximum absolute atomic E-state index is 11.9. The Bertz CT molecular complexity index is 600. The molecule has 1 atom stereocenters. The van der Waals surface area contributed by atoms with Crippen LogP contribution in [-0.4, -0.2) is 16.1 Å². The van der Waals surface area contributed by atoms with E-state index in [1.54, 1.807) is 6.20 Å². The molecular weight excluding hydrogens is 226 g/mol. The molecular formula is C14H15N3O. The zero-order valence-corrected chi connectivity index (χ0v) is 10.0. The van der Waals surface area contributed by atoms with Gasteiger partial charge in [-0.15, -0.1) is 0 Å². The summed E-state index contributed by atoms with van der Waals surface area (Å²) in [4.78, 5) is 11.9. The molecule has 0 spiro atoms. The van der Waals surface area contributed by atoms with Crippen molar-refractivity contribution in [2.24, 2.45) is 5.92 Å². The van der Waals surface area contributed by atoms with Crippen molar-refractivity contribution in [3.05, 3.63) is 36.5 Å². The molecule has 18 heavy (non-hydrogen) atoms. The number of carbonyl (C=O) groups is 1. The Labute approximate surface area is 105 Å². The third kappa shape index (κ3) is 2.27. The molecule has 92 valence electrons. The number of amides is 1. The number of carbonyl (C=O) groups excluding carboxylic acids is 1. The highest BCUT2D eigenvalue weighted by atomic mass is 16.1. The third-order valence-corrected chi connectivity index (χ3v) is 3.28. The molecule has 1 amide bonds. The molecule has 1 aromatic carbocycles. The summed E-state index contributed by atoms with van der Waals surface area (Å²) in [6.45, 7) is 0. The lowest BCUT2D eigenvalue weighted by Gasteiger charge is -2.08. The Morgan fingerprint density at radius 1 is 1.50 bits per heavy atom. The molecule has 0 aliphatic heterocycles. The van der Waals surface area contributed by atoms with Crippen LogP contribution in [0.25, 0.3) is 10.9 Å². The topological polar surface area (TPSA) is 57.8 Å². The second kappa shape index (κ2) is 4.64. The number of nitrogens with zero attached hydrogens (tertiary/aromatic N) is 1. The maximum atomic E-state index is 11.9. The number of hydrogen-bond acceptors (Lipinski definition) is 2. The van der Waals surface area contributed by atoms with Gasteiger partial charge in [-0.3, -0.25) is 9.89 Å². The van der Waals surface area contributed by atoms with Crippen LogP contribution >= 0.6 is 0 Å². The standard InChI is InChI=1S/C14H15N3O/c18-14(7-10-3-1-2-4-10)16-12-5-6-13-11(8-12)9-15-17-13/h1,3,5-6,8-10H,2,4,7H2,(H,15,17)(H,16,18). The van der Waals surface area contributed by atoms with Gasteiger partial charge in [-0.1, -0.05) is 12.2 Å². The van der Waals surface area contributed by atoms with Crippen molar-refractivity contribution in [3.63, 3.8) is 0 Å². The van der Waals surface area contributed by atoms with Crippen LogP contribution in [0.5, 0.6) is 0 Å². The van der Waals surface area contributed by atoms with Crippen LogP contribution in [-0.2, 0) is 4.79 Å². The first-order valence-electron chi connectivity index (χ1n) is 6.21. The van der Waals surface area contributed by atoms with Crippen molar-refractivity contribution >= 4 is 22.5 Å². The van der Waals surface area contributed by atoms with E-state index < -0.39 is 0 Å². The summed E-state index contributed by atoms with van der Waals surface area (Å²) in [6.07, 6.45) is 8.80. The molecule has 1 aliphatic carbocycles. The molecule has 3 rings (SSSR count).